The van der Waals surface area contributed by atoms with Crippen molar-refractivity contribution in [2.24, 2.45) is 0 Å². The molecule has 1 rings (SSSR count). The van der Waals surface area contributed by atoms with Crippen LogP contribution in [0.5, 0.6) is 11.5 Å². The van der Waals surface area contributed by atoms with Gasteiger partial charge in [-0.05, 0) is 12.1 Å². The van der Waals surface area contributed by atoms with Crippen molar-refractivity contribution < 1.29 is 23.8 Å². The summed E-state index contributed by atoms with van der Waals surface area (Å²) in [5.74, 6) is 0.712. The molecule has 1 amide bonds. The number of methoxy groups -OCH3 is 1. The van der Waals surface area contributed by atoms with Crippen LogP contribution in [-0.4, -0.2) is 32.7 Å². The van der Waals surface area contributed by atoms with Crippen LogP contribution in [0.4, 0.5) is 5.69 Å². The largest absolute Gasteiger partial charge is 0.494 e. The van der Waals surface area contributed by atoms with Crippen molar-refractivity contribution >= 4 is 18.1 Å². The molecule has 1 N–H and O–H groups in total. The lowest BCUT2D eigenvalue weighted by Gasteiger charge is -2.10. The number of rotatable bonds is 7. The van der Waals surface area contributed by atoms with Crippen molar-refractivity contribution in [2.75, 3.05) is 25.6 Å². The highest BCUT2D eigenvalue weighted by molar-refractivity contribution is 5.76. The van der Waals surface area contributed by atoms with Gasteiger partial charge in [0.05, 0.1) is 12.8 Å². The van der Waals surface area contributed by atoms with Gasteiger partial charge < -0.3 is 19.5 Å². The molecule has 0 aliphatic rings. The van der Waals surface area contributed by atoms with Crippen LogP contribution in [0.15, 0.2) is 18.2 Å². The van der Waals surface area contributed by atoms with Gasteiger partial charge >= 0.3 is 5.97 Å². The second-order valence-electron chi connectivity index (χ2n) is 3.31. The maximum atomic E-state index is 10.5. The van der Waals surface area contributed by atoms with Gasteiger partial charge in [-0.2, -0.15) is 0 Å². The van der Waals surface area contributed by atoms with E-state index >= 15 is 0 Å². The van der Waals surface area contributed by atoms with Gasteiger partial charge in [0.25, 0.3) is 0 Å². The van der Waals surface area contributed by atoms with Crippen LogP contribution in [0.3, 0.4) is 0 Å². The first-order valence-electron chi connectivity index (χ1n) is 5.31. The van der Waals surface area contributed by atoms with Gasteiger partial charge in [0.1, 0.15) is 24.7 Å². The number of ether oxygens (including phenoxy) is 3. The normalized spacial score (nSPS) is 9.44. The van der Waals surface area contributed by atoms with Gasteiger partial charge in [-0.25, -0.2) is 0 Å². The molecule has 0 saturated carbocycles. The fraction of sp³-hybridized carbons (Fsp3) is 0.333. The van der Waals surface area contributed by atoms with Crippen LogP contribution >= 0.6 is 0 Å². The van der Waals surface area contributed by atoms with E-state index in [-0.39, 0.29) is 19.2 Å². The molecular weight excluding hydrogens is 238 g/mol. The van der Waals surface area contributed by atoms with Crippen LogP contribution < -0.4 is 14.8 Å². The molecule has 0 fully saturated rings. The molecule has 0 spiro atoms. The minimum atomic E-state index is -0.346. The first-order valence-corrected chi connectivity index (χ1v) is 5.31. The lowest BCUT2D eigenvalue weighted by atomic mass is 10.3. The fourth-order valence-electron chi connectivity index (χ4n) is 1.29. The molecule has 0 aliphatic carbocycles. The molecule has 6 heteroatoms. The number of hydrogen-bond donors (Lipinski definition) is 1. The molecule has 18 heavy (non-hydrogen) atoms. The SMILES string of the molecule is COc1cc(OCCOC(C)=O)ccc1NC=O. The Labute approximate surface area is 105 Å². The van der Waals surface area contributed by atoms with Crippen molar-refractivity contribution in [1.82, 2.24) is 0 Å². The Morgan fingerprint density at radius 1 is 1.39 bits per heavy atom. The second kappa shape index (κ2) is 7.16. The Balaban J connectivity index is 2.56. The van der Waals surface area contributed by atoms with Crippen LogP contribution in [0.1, 0.15) is 6.92 Å². The lowest BCUT2D eigenvalue weighted by Crippen LogP contribution is -2.09. The Morgan fingerprint density at radius 2 is 2.17 bits per heavy atom. The highest BCUT2D eigenvalue weighted by atomic mass is 16.6. The van der Waals surface area contributed by atoms with Crippen molar-refractivity contribution in [3.63, 3.8) is 0 Å². The number of carbonyl (C=O) groups excluding carboxylic acids is 2. The Bertz CT molecular complexity index is 419. The number of hydrogen-bond acceptors (Lipinski definition) is 5. The summed E-state index contributed by atoms with van der Waals surface area (Å²) in [7, 11) is 1.49. The summed E-state index contributed by atoms with van der Waals surface area (Å²) in [5.41, 5.74) is 0.555. The van der Waals surface area contributed by atoms with Gasteiger partial charge in [-0.15, -0.1) is 0 Å². The maximum Gasteiger partial charge on any atom is 0.302 e. The standard InChI is InChI=1S/C12H15NO5/c1-9(15)17-5-6-18-10-3-4-11(13-8-14)12(7-10)16-2/h3-4,7-8H,5-6H2,1-2H3,(H,13,14). The molecule has 6 nitrogen and oxygen atoms in total. The number of anilines is 1. The molecule has 0 aromatic heterocycles. The number of amides is 1. The van der Waals surface area contributed by atoms with Crippen molar-refractivity contribution in [3.05, 3.63) is 18.2 Å². The molecule has 1 aromatic rings. The Kier molecular flexibility index (Phi) is 5.50. The molecule has 98 valence electrons. The van der Waals surface area contributed by atoms with Crippen LogP contribution in [-0.2, 0) is 14.3 Å². The van der Waals surface area contributed by atoms with E-state index in [9.17, 15) is 9.59 Å². The monoisotopic (exact) mass is 253 g/mol. The fourth-order valence-corrected chi connectivity index (χ4v) is 1.29. The van der Waals surface area contributed by atoms with E-state index in [0.717, 1.165) is 0 Å². The Hall–Kier alpha value is -2.24. The highest BCUT2D eigenvalue weighted by Crippen LogP contribution is 2.28. The second-order valence-corrected chi connectivity index (χ2v) is 3.31. The molecule has 0 unspecified atom stereocenters. The molecule has 0 heterocycles. The third-order valence-electron chi connectivity index (χ3n) is 2.04. The molecule has 0 atom stereocenters. The van der Waals surface area contributed by atoms with Gasteiger partial charge in [0, 0.05) is 13.0 Å². The summed E-state index contributed by atoms with van der Waals surface area (Å²) in [6, 6.07) is 4.98. The van der Waals surface area contributed by atoms with Gasteiger partial charge in [0.15, 0.2) is 0 Å². The molecule has 0 bridgehead atoms. The molecule has 0 saturated heterocycles. The zero-order valence-corrected chi connectivity index (χ0v) is 10.3. The number of carbonyl (C=O) groups is 2. The zero-order valence-electron chi connectivity index (χ0n) is 10.3. The van der Waals surface area contributed by atoms with E-state index in [1.54, 1.807) is 18.2 Å². The lowest BCUT2D eigenvalue weighted by molar-refractivity contribution is -0.141. The third kappa shape index (κ3) is 4.32. The zero-order chi connectivity index (χ0) is 13.4. The predicted molar refractivity (Wildman–Crippen MR) is 64.8 cm³/mol. The predicted octanol–water partition coefficient (Wildman–Crippen LogP) is 1.21. The van der Waals surface area contributed by atoms with E-state index in [4.69, 9.17) is 14.2 Å². The summed E-state index contributed by atoms with van der Waals surface area (Å²) in [4.78, 5) is 20.9. The van der Waals surface area contributed by atoms with Crippen molar-refractivity contribution in [3.8, 4) is 11.5 Å². The van der Waals surface area contributed by atoms with Crippen LogP contribution in [0.25, 0.3) is 0 Å². The van der Waals surface area contributed by atoms with E-state index in [1.165, 1.54) is 14.0 Å². The van der Waals surface area contributed by atoms with E-state index < -0.39 is 0 Å². The molecule has 0 radical (unpaired) electrons. The quantitative estimate of drug-likeness (QED) is 0.449. The average molecular weight is 253 g/mol. The van der Waals surface area contributed by atoms with Crippen LogP contribution in [0, 0.1) is 0 Å². The summed E-state index contributed by atoms with van der Waals surface area (Å²) < 4.78 is 15.2. The Morgan fingerprint density at radius 3 is 2.78 bits per heavy atom. The third-order valence-corrected chi connectivity index (χ3v) is 2.04. The number of benzene rings is 1. The minimum absolute atomic E-state index is 0.186. The first kappa shape index (κ1) is 13.8. The maximum absolute atomic E-state index is 10.5. The average Bonchev–Trinajstić information content (AvgIpc) is 2.36. The summed E-state index contributed by atoms with van der Waals surface area (Å²) in [6.45, 7) is 1.78. The van der Waals surface area contributed by atoms with Crippen molar-refractivity contribution in [2.45, 2.75) is 6.92 Å². The minimum Gasteiger partial charge on any atom is -0.494 e. The number of nitrogens with one attached hydrogen (secondary N) is 1. The van der Waals surface area contributed by atoms with E-state index in [2.05, 4.69) is 5.32 Å². The summed E-state index contributed by atoms with van der Waals surface area (Å²) >= 11 is 0. The molecule has 0 aliphatic heterocycles. The van der Waals surface area contributed by atoms with E-state index in [0.29, 0.717) is 23.6 Å². The topological polar surface area (TPSA) is 73.9 Å². The van der Waals surface area contributed by atoms with Crippen molar-refractivity contribution in [1.29, 1.82) is 0 Å². The van der Waals surface area contributed by atoms with Gasteiger partial charge in [-0.3, -0.25) is 9.59 Å². The highest BCUT2D eigenvalue weighted by Gasteiger charge is 2.04. The van der Waals surface area contributed by atoms with Gasteiger partial charge in [0.2, 0.25) is 6.41 Å². The van der Waals surface area contributed by atoms with E-state index in [1.807, 2.05) is 0 Å². The summed E-state index contributed by atoms with van der Waals surface area (Å²) in [5, 5.41) is 2.51. The first-order chi connectivity index (χ1) is 8.67. The molecule has 1 aromatic carbocycles. The molecular formula is C12H15NO5. The van der Waals surface area contributed by atoms with Gasteiger partial charge in [-0.1, -0.05) is 0 Å². The summed E-state index contributed by atoms with van der Waals surface area (Å²) in [6.07, 6.45) is 0.569. The smallest absolute Gasteiger partial charge is 0.302 e. The number of esters is 1. The van der Waals surface area contributed by atoms with Crippen LogP contribution in [0.2, 0.25) is 0 Å².